The summed E-state index contributed by atoms with van der Waals surface area (Å²) in [5.74, 6) is 0. The predicted octanol–water partition coefficient (Wildman–Crippen LogP) is 2.65. The smallest absolute Gasteiger partial charge is 0.180 e. The molecule has 4 heteroatoms. The van der Waals surface area contributed by atoms with Gasteiger partial charge in [-0.25, -0.2) is 4.98 Å². The van der Waals surface area contributed by atoms with Crippen molar-refractivity contribution in [3.63, 3.8) is 0 Å². The Bertz CT molecular complexity index is 433. The van der Waals surface area contributed by atoms with E-state index in [1.807, 2.05) is 5.38 Å². The SMILES string of the molecule is Cc1ccc(NCc2csc(N)n2)cc1. The summed E-state index contributed by atoms with van der Waals surface area (Å²) in [6.45, 7) is 2.79. The number of aromatic nitrogens is 1. The number of anilines is 2. The Balaban J connectivity index is 1.96. The molecular weight excluding hydrogens is 206 g/mol. The fraction of sp³-hybridized carbons (Fsp3) is 0.182. The molecule has 3 N–H and O–H groups in total. The maximum atomic E-state index is 5.55. The summed E-state index contributed by atoms with van der Waals surface area (Å²) in [6, 6.07) is 8.28. The molecule has 0 aliphatic carbocycles. The second-order valence-electron chi connectivity index (χ2n) is 3.40. The molecule has 3 nitrogen and oxygen atoms in total. The van der Waals surface area contributed by atoms with Crippen molar-refractivity contribution < 1.29 is 0 Å². The van der Waals surface area contributed by atoms with Crippen molar-refractivity contribution in [2.45, 2.75) is 13.5 Å². The average molecular weight is 219 g/mol. The third-order valence-electron chi connectivity index (χ3n) is 2.09. The van der Waals surface area contributed by atoms with Gasteiger partial charge in [0.15, 0.2) is 5.13 Å². The summed E-state index contributed by atoms with van der Waals surface area (Å²) in [6.07, 6.45) is 0. The molecular formula is C11H13N3S. The topological polar surface area (TPSA) is 50.9 Å². The fourth-order valence-corrected chi connectivity index (χ4v) is 1.83. The van der Waals surface area contributed by atoms with Crippen LogP contribution >= 0.6 is 11.3 Å². The first kappa shape index (κ1) is 9.98. The fourth-order valence-electron chi connectivity index (χ4n) is 1.27. The van der Waals surface area contributed by atoms with E-state index in [9.17, 15) is 0 Å². The van der Waals surface area contributed by atoms with Crippen molar-refractivity contribution in [2.24, 2.45) is 0 Å². The molecule has 1 heterocycles. The van der Waals surface area contributed by atoms with Crippen LogP contribution in [0.5, 0.6) is 0 Å². The highest BCUT2D eigenvalue weighted by molar-refractivity contribution is 7.13. The van der Waals surface area contributed by atoms with E-state index >= 15 is 0 Å². The van der Waals surface area contributed by atoms with Gasteiger partial charge in [0.1, 0.15) is 0 Å². The first-order valence-electron chi connectivity index (χ1n) is 4.74. The highest BCUT2D eigenvalue weighted by Gasteiger charge is 1.98. The lowest BCUT2D eigenvalue weighted by Crippen LogP contribution is -1.99. The first-order valence-corrected chi connectivity index (χ1v) is 5.62. The molecule has 0 amide bonds. The Kier molecular flexibility index (Phi) is 2.87. The molecule has 0 atom stereocenters. The molecule has 0 bridgehead atoms. The Hall–Kier alpha value is -1.55. The van der Waals surface area contributed by atoms with E-state index < -0.39 is 0 Å². The van der Waals surface area contributed by atoms with Crippen LogP contribution in [0.2, 0.25) is 0 Å². The molecule has 0 radical (unpaired) electrons. The van der Waals surface area contributed by atoms with Gasteiger partial charge >= 0.3 is 0 Å². The highest BCUT2D eigenvalue weighted by Crippen LogP contribution is 2.14. The van der Waals surface area contributed by atoms with E-state index in [4.69, 9.17) is 5.73 Å². The van der Waals surface area contributed by atoms with E-state index in [-0.39, 0.29) is 0 Å². The van der Waals surface area contributed by atoms with Gasteiger partial charge in [0, 0.05) is 11.1 Å². The van der Waals surface area contributed by atoms with Crippen molar-refractivity contribution >= 4 is 22.2 Å². The number of nitrogen functional groups attached to an aromatic ring is 1. The van der Waals surface area contributed by atoms with Gasteiger partial charge in [-0.3, -0.25) is 0 Å². The quantitative estimate of drug-likeness (QED) is 0.834. The van der Waals surface area contributed by atoms with Gasteiger partial charge in [0.05, 0.1) is 12.2 Å². The number of nitrogens with two attached hydrogens (primary N) is 1. The largest absolute Gasteiger partial charge is 0.379 e. The molecule has 0 aliphatic heterocycles. The summed E-state index contributed by atoms with van der Waals surface area (Å²) < 4.78 is 0. The Morgan fingerprint density at radius 3 is 2.67 bits per heavy atom. The second-order valence-corrected chi connectivity index (χ2v) is 4.29. The monoisotopic (exact) mass is 219 g/mol. The van der Waals surface area contributed by atoms with Crippen LogP contribution in [0.1, 0.15) is 11.3 Å². The van der Waals surface area contributed by atoms with Crippen LogP contribution in [0.4, 0.5) is 10.8 Å². The molecule has 0 unspecified atom stereocenters. The first-order chi connectivity index (χ1) is 7.24. The Morgan fingerprint density at radius 1 is 1.33 bits per heavy atom. The summed E-state index contributed by atoms with van der Waals surface area (Å²) in [5, 5.41) is 5.88. The minimum absolute atomic E-state index is 0.621. The van der Waals surface area contributed by atoms with Crippen molar-refractivity contribution in [3.05, 3.63) is 40.9 Å². The molecule has 0 saturated carbocycles. The number of benzene rings is 1. The van der Waals surface area contributed by atoms with Crippen molar-refractivity contribution in [1.29, 1.82) is 0 Å². The predicted molar refractivity (Wildman–Crippen MR) is 65.0 cm³/mol. The third kappa shape index (κ3) is 2.70. The number of nitrogens with zero attached hydrogens (tertiary/aromatic N) is 1. The van der Waals surface area contributed by atoms with Gasteiger partial charge in [0.2, 0.25) is 0 Å². The Morgan fingerprint density at radius 2 is 2.07 bits per heavy atom. The molecule has 2 aromatic rings. The minimum atomic E-state index is 0.621. The molecule has 1 aromatic carbocycles. The van der Waals surface area contributed by atoms with E-state index in [2.05, 4.69) is 41.5 Å². The summed E-state index contributed by atoms with van der Waals surface area (Å²) >= 11 is 1.47. The maximum Gasteiger partial charge on any atom is 0.180 e. The van der Waals surface area contributed by atoms with Crippen LogP contribution < -0.4 is 11.1 Å². The number of aryl methyl sites for hydroxylation is 1. The lowest BCUT2D eigenvalue weighted by atomic mass is 10.2. The number of nitrogens with one attached hydrogen (secondary N) is 1. The van der Waals surface area contributed by atoms with Crippen molar-refractivity contribution in [1.82, 2.24) is 4.98 Å². The average Bonchev–Trinajstić information content (AvgIpc) is 2.64. The second kappa shape index (κ2) is 4.31. The summed E-state index contributed by atoms with van der Waals surface area (Å²) in [7, 11) is 0. The molecule has 0 aliphatic rings. The van der Waals surface area contributed by atoms with Crippen LogP contribution in [-0.2, 0) is 6.54 Å². The molecule has 15 heavy (non-hydrogen) atoms. The lowest BCUT2D eigenvalue weighted by Gasteiger charge is -2.04. The maximum absolute atomic E-state index is 5.55. The van der Waals surface area contributed by atoms with Crippen LogP contribution in [0.3, 0.4) is 0 Å². The number of hydrogen-bond donors (Lipinski definition) is 2. The van der Waals surface area contributed by atoms with Gasteiger partial charge in [-0.2, -0.15) is 0 Å². The highest BCUT2D eigenvalue weighted by atomic mass is 32.1. The van der Waals surface area contributed by atoms with Crippen LogP contribution in [-0.4, -0.2) is 4.98 Å². The van der Waals surface area contributed by atoms with E-state index in [1.54, 1.807) is 0 Å². The lowest BCUT2D eigenvalue weighted by molar-refractivity contribution is 1.08. The normalized spacial score (nSPS) is 10.2. The molecule has 0 saturated heterocycles. The third-order valence-corrected chi connectivity index (χ3v) is 2.82. The molecule has 0 spiro atoms. The Labute approximate surface area is 93.0 Å². The van der Waals surface area contributed by atoms with E-state index in [0.717, 1.165) is 17.9 Å². The van der Waals surface area contributed by atoms with Gasteiger partial charge in [-0.1, -0.05) is 17.7 Å². The van der Waals surface area contributed by atoms with Crippen LogP contribution in [0.25, 0.3) is 0 Å². The molecule has 0 fully saturated rings. The van der Waals surface area contributed by atoms with Gasteiger partial charge < -0.3 is 11.1 Å². The zero-order valence-electron chi connectivity index (χ0n) is 8.53. The van der Waals surface area contributed by atoms with Crippen molar-refractivity contribution in [2.75, 3.05) is 11.1 Å². The summed E-state index contributed by atoms with van der Waals surface area (Å²) in [4.78, 5) is 4.18. The van der Waals surface area contributed by atoms with Crippen LogP contribution in [0, 0.1) is 6.92 Å². The molecule has 1 aromatic heterocycles. The molecule has 2 rings (SSSR count). The van der Waals surface area contributed by atoms with E-state index in [0.29, 0.717) is 5.13 Å². The van der Waals surface area contributed by atoms with E-state index in [1.165, 1.54) is 16.9 Å². The van der Waals surface area contributed by atoms with Gasteiger partial charge in [-0.15, -0.1) is 11.3 Å². The molecule has 78 valence electrons. The van der Waals surface area contributed by atoms with Crippen molar-refractivity contribution in [3.8, 4) is 0 Å². The van der Waals surface area contributed by atoms with Gasteiger partial charge in [-0.05, 0) is 19.1 Å². The van der Waals surface area contributed by atoms with Crippen LogP contribution in [0.15, 0.2) is 29.6 Å². The van der Waals surface area contributed by atoms with Gasteiger partial charge in [0.25, 0.3) is 0 Å². The number of thiazole rings is 1. The summed E-state index contributed by atoms with van der Waals surface area (Å²) in [5.41, 5.74) is 8.90. The zero-order valence-corrected chi connectivity index (χ0v) is 9.34. The standard InChI is InChI=1S/C11H13N3S/c1-8-2-4-9(5-3-8)13-6-10-7-15-11(12)14-10/h2-5,7,13H,6H2,1H3,(H2,12,14). The minimum Gasteiger partial charge on any atom is -0.379 e. The number of hydrogen-bond acceptors (Lipinski definition) is 4. The zero-order chi connectivity index (χ0) is 10.7. The number of rotatable bonds is 3.